The molecule has 5 N–H and O–H groups in total. The van der Waals surface area contributed by atoms with Crippen molar-refractivity contribution in [2.45, 2.75) is 17.2 Å². The third-order valence-electron chi connectivity index (χ3n) is 4.61. The molecule has 0 aromatic heterocycles. The molecule has 0 saturated heterocycles. The average Bonchev–Trinajstić information content (AvgIpc) is 2.77. The molecule has 3 aromatic rings. The molecule has 3 aromatic carbocycles. The summed E-state index contributed by atoms with van der Waals surface area (Å²) in [7, 11) is -3.94. The molecule has 1 atom stereocenters. The smallest absolute Gasteiger partial charge is 0.304 e. The number of sulfonamides is 1. The van der Waals surface area contributed by atoms with Crippen LogP contribution < -0.4 is 16.0 Å². The quantitative estimate of drug-likeness (QED) is 0.169. The summed E-state index contributed by atoms with van der Waals surface area (Å²) in [5.74, 6) is 3.09. The Morgan fingerprint density at radius 3 is 2.47 bits per heavy atom. The van der Waals surface area contributed by atoms with E-state index >= 15 is 0 Å². The second kappa shape index (κ2) is 10.0. The first-order valence-corrected chi connectivity index (χ1v) is 11.0. The number of hydrogen-bond donors (Lipinski definition) is 4. The van der Waals surface area contributed by atoms with E-state index < -0.39 is 27.7 Å². The van der Waals surface area contributed by atoms with E-state index in [1.165, 1.54) is 42.7 Å². The maximum absolute atomic E-state index is 13.3. The van der Waals surface area contributed by atoms with E-state index in [1.54, 1.807) is 36.4 Å². The zero-order valence-electron chi connectivity index (χ0n) is 16.8. The summed E-state index contributed by atoms with van der Waals surface area (Å²) in [4.78, 5) is 15.4. The lowest BCUT2D eigenvalue weighted by Crippen LogP contribution is -2.18. The number of anilines is 1. The van der Waals surface area contributed by atoms with Gasteiger partial charge in [-0.15, -0.1) is 0 Å². The molecule has 0 aliphatic carbocycles. The van der Waals surface area contributed by atoms with Gasteiger partial charge in [0.05, 0.1) is 17.0 Å². The van der Waals surface area contributed by atoms with Crippen LogP contribution in [-0.2, 0) is 14.8 Å². The highest BCUT2D eigenvalue weighted by molar-refractivity contribution is 7.92. The molecule has 0 radical (unpaired) electrons. The lowest BCUT2D eigenvalue weighted by molar-refractivity contribution is -0.137. The minimum absolute atomic E-state index is 0.00445. The monoisotopic (exact) mass is 456 g/mol. The molecule has 0 fully saturated rings. The van der Waals surface area contributed by atoms with E-state index in [1.807, 2.05) is 0 Å². The van der Waals surface area contributed by atoms with Gasteiger partial charge in [-0.3, -0.25) is 9.52 Å². The van der Waals surface area contributed by atoms with Crippen LogP contribution in [0.4, 0.5) is 15.8 Å². The maximum Gasteiger partial charge on any atom is 0.304 e. The van der Waals surface area contributed by atoms with Crippen molar-refractivity contribution in [1.29, 1.82) is 0 Å². The van der Waals surface area contributed by atoms with Crippen LogP contribution in [0, 0.1) is 5.82 Å². The number of hydrazine groups is 1. The number of rotatable bonds is 9. The standard InChI is InChI=1S/C22H21FN4O4S/c23-17-9-7-15(8-10-17)21(13-22(28)29)16-3-1-5-19(11-16)27-32(30,31)20-6-2-4-18(12-20)25-14-26-24/h1-12,14,21,27H,13,24H2,(H,25,26)(H,28,29). The Morgan fingerprint density at radius 2 is 1.78 bits per heavy atom. The van der Waals surface area contributed by atoms with Gasteiger partial charge in [-0.1, -0.05) is 30.3 Å². The molecule has 10 heteroatoms. The van der Waals surface area contributed by atoms with Gasteiger partial charge in [0.2, 0.25) is 0 Å². The predicted octanol–water partition coefficient (Wildman–Crippen LogP) is 3.36. The number of nitrogens with two attached hydrogens (primary N) is 1. The Kier molecular flexibility index (Phi) is 7.18. The number of carboxylic acid groups (broad SMARTS) is 1. The van der Waals surface area contributed by atoms with Crippen LogP contribution in [-0.4, -0.2) is 25.8 Å². The summed E-state index contributed by atoms with van der Waals surface area (Å²) in [5, 5.41) is 9.34. The predicted molar refractivity (Wildman–Crippen MR) is 120 cm³/mol. The maximum atomic E-state index is 13.3. The lowest BCUT2D eigenvalue weighted by Gasteiger charge is -2.17. The van der Waals surface area contributed by atoms with E-state index in [4.69, 9.17) is 5.84 Å². The van der Waals surface area contributed by atoms with Crippen molar-refractivity contribution in [3.63, 3.8) is 0 Å². The van der Waals surface area contributed by atoms with Crippen LogP contribution in [0.1, 0.15) is 23.5 Å². The topological polar surface area (TPSA) is 134 Å². The van der Waals surface area contributed by atoms with Crippen LogP contribution in [0.25, 0.3) is 0 Å². The van der Waals surface area contributed by atoms with Gasteiger partial charge in [-0.25, -0.2) is 23.6 Å². The minimum atomic E-state index is -3.94. The van der Waals surface area contributed by atoms with Crippen LogP contribution in [0.3, 0.4) is 0 Å². The molecule has 8 nitrogen and oxygen atoms in total. The zero-order chi connectivity index (χ0) is 23.1. The summed E-state index contributed by atoms with van der Waals surface area (Å²) in [5.41, 5.74) is 4.07. The molecule has 0 spiro atoms. The molecule has 1 unspecified atom stereocenters. The summed E-state index contributed by atoms with van der Waals surface area (Å²) >= 11 is 0. The molecule has 0 aliphatic heterocycles. The van der Waals surface area contributed by atoms with Crippen LogP contribution >= 0.6 is 0 Å². The van der Waals surface area contributed by atoms with Crippen molar-refractivity contribution in [1.82, 2.24) is 5.43 Å². The van der Waals surface area contributed by atoms with Gasteiger partial charge in [0.1, 0.15) is 12.2 Å². The molecule has 0 bridgehead atoms. The fourth-order valence-corrected chi connectivity index (χ4v) is 4.26. The largest absolute Gasteiger partial charge is 0.481 e. The number of nitrogens with zero attached hydrogens (tertiary/aromatic N) is 1. The van der Waals surface area contributed by atoms with Gasteiger partial charge in [0, 0.05) is 11.6 Å². The van der Waals surface area contributed by atoms with Crippen molar-refractivity contribution in [2.24, 2.45) is 10.8 Å². The van der Waals surface area contributed by atoms with Gasteiger partial charge in [0.15, 0.2) is 0 Å². The Morgan fingerprint density at radius 1 is 1.06 bits per heavy atom. The number of nitrogens with one attached hydrogen (secondary N) is 2. The fourth-order valence-electron chi connectivity index (χ4n) is 3.17. The molecule has 166 valence electrons. The Balaban J connectivity index is 1.91. The highest BCUT2D eigenvalue weighted by Gasteiger charge is 2.20. The number of carboxylic acids is 1. The summed E-state index contributed by atoms with van der Waals surface area (Å²) in [6.07, 6.45) is 0.984. The lowest BCUT2D eigenvalue weighted by atomic mass is 9.88. The number of benzene rings is 3. The van der Waals surface area contributed by atoms with Crippen molar-refractivity contribution >= 4 is 33.7 Å². The molecule has 3 rings (SSSR count). The third kappa shape index (κ3) is 5.90. The second-order valence-corrected chi connectivity index (χ2v) is 8.54. The van der Waals surface area contributed by atoms with Gasteiger partial charge in [-0.05, 0) is 53.6 Å². The molecular weight excluding hydrogens is 435 g/mol. The van der Waals surface area contributed by atoms with Crippen molar-refractivity contribution in [3.05, 3.63) is 89.7 Å². The van der Waals surface area contributed by atoms with Gasteiger partial charge < -0.3 is 10.5 Å². The van der Waals surface area contributed by atoms with Crippen molar-refractivity contribution in [3.8, 4) is 0 Å². The number of aliphatic imine (C=N–C) groups is 1. The fraction of sp³-hybridized carbons (Fsp3) is 0.0909. The normalized spacial score (nSPS) is 12.4. The average molecular weight is 456 g/mol. The number of halogens is 1. The highest BCUT2D eigenvalue weighted by Crippen LogP contribution is 2.31. The Labute approximate surface area is 184 Å². The van der Waals surface area contributed by atoms with Crippen molar-refractivity contribution < 1.29 is 22.7 Å². The summed E-state index contributed by atoms with van der Waals surface area (Å²) < 4.78 is 41.5. The Bertz CT molecular complexity index is 1230. The first-order valence-electron chi connectivity index (χ1n) is 9.47. The van der Waals surface area contributed by atoms with E-state index in [9.17, 15) is 22.7 Å². The zero-order valence-corrected chi connectivity index (χ0v) is 17.6. The molecule has 0 saturated carbocycles. The molecule has 0 heterocycles. The molecule has 0 amide bonds. The highest BCUT2D eigenvalue weighted by atomic mass is 32.2. The van der Waals surface area contributed by atoms with Gasteiger partial charge in [0.25, 0.3) is 10.0 Å². The van der Waals surface area contributed by atoms with Crippen LogP contribution in [0.15, 0.2) is 82.7 Å². The van der Waals surface area contributed by atoms with Gasteiger partial charge >= 0.3 is 5.97 Å². The second-order valence-electron chi connectivity index (χ2n) is 6.86. The van der Waals surface area contributed by atoms with E-state index in [0.717, 1.165) is 0 Å². The van der Waals surface area contributed by atoms with Crippen LogP contribution in [0.2, 0.25) is 0 Å². The summed E-state index contributed by atoms with van der Waals surface area (Å²) in [6, 6.07) is 18.0. The van der Waals surface area contributed by atoms with Gasteiger partial charge in [-0.2, -0.15) is 0 Å². The summed E-state index contributed by atoms with van der Waals surface area (Å²) in [6.45, 7) is 0. The van der Waals surface area contributed by atoms with E-state index in [-0.39, 0.29) is 17.0 Å². The molecular formula is C22H21FN4O4S. The first-order chi connectivity index (χ1) is 15.3. The van der Waals surface area contributed by atoms with E-state index in [0.29, 0.717) is 16.8 Å². The SMILES string of the molecule is NNC=Nc1cccc(S(=O)(=O)Nc2cccc(C(CC(=O)O)c3ccc(F)cc3)c2)c1. The minimum Gasteiger partial charge on any atom is -0.481 e. The van der Waals surface area contributed by atoms with E-state index in [2.05, 4.69) is 15.1 Å². The number of aliphatic carboxylic acids is 1. The number of carbonyl (C=O) groups is 1. The first kappa shape index (κ1) is 22.9. The number of hydrogen-bond acceptors (Lipinski definition) is 5. The van der Waals surface area contributed by atoms with Crippen LogP contribution in [0.5, 0.6) is 0 Å². The molecule has 32 heavy (non-hydrogen) atoms. The third-order valence-corrected chi connectivity index (χ3v) is 5.99. The van der Waals surface area contributed by atoms with Crippen molar-refractivity contribution in [2.75, 3.05) is 4.72 Å². The Hall–Kier alpha value is -3.76. The molecule has 0 aliphatic rings.